The highest BCUT2D eigenvalue weighted by atomic mass is 19.1. The van der Waals surface area contributed by atoms with Gasteiger partial charge in [-0.2, -0.15) is 0 Å². The van der Waals surface area contributed by atoms with Gasteiger partial charge in [0.1, 0.15) is 5.82 Å². The van der Waals surface area contributed by atoms with Crippen LogP contribution in [0, 0.1) is 5.82 Å². The van der Waals surface area contributed by atoms with Crippen molar-refractivity contribution in [3.63, 3.8) is 0 Å². The monoisotopic (exact) mass is 210 g/mol. The minimum Gasteiger partial charge on any atom is -0.377 e. The molecule has 84 valence electrons. The predicted molar refractivity (Wildman–Crippen MR) is 62.7 cm³/mol. The van der Waals surface area contributed by atoms with Gasteiger partial charge in [0.15, 0.2) is 0 Å². The highest BCUT2D eigenvalue weighted by Crippen LogP contribution is 2.21. The van der Waals surface area contributed by atoms with Crippen LogP contribution in [0.15, 0.2) is 18.2 Å². The predicted octanol–water partition coefficient (Wildman–Crippen LogP) is 2.17. The summed E-state index contributed by atoms with van der Waals surface area (Å²) in [6, 6.07) is 5.10. The molecule has 0 aliphatic heterocycles. The maximum absolute atomic E-state index is 13.1. The molecule has 2 N–H and O–H groups in total. The fraction of sp³-hybridized carbons (Fsp3) is 0.500. The van der Waals surface area contributed by atoms with Gasteiger partial charge in [-0.3, -0.25) is 0 Å². The molecule has 1 aromatic carbocycles. The molecule has 0 amide bonds. The van der Waals surface area contributed by atoms with E-state index in [4.69, 9.17) is 5.73 Å². The molecule has 0 aromatic heterocycles. The Balaban J connectivity index is 2.86. The van der Waals surface area contributed by atoms with E-state index in [0.29, 0.717) is 0 Å². The Morgan fingerprint density at radius 3 is 2.60 bits per heavy atom. The average Bonchev–Trinajstić information content (AvgIpc) is 2.15. The Morgan fingerprint density at radius 2 is 2.07 bits per heavy atom. The van der Waals surface area contributed by atoms with Crippen molar-refractivity contribution in [2.24, 2.45) is 5.73 Å². The van der Waals surface area contributed by atoms with Crippen molar-refractivity contribution in [2.75, 3.05) is 19.0 Å². The van der Waals surface area contributed by atoms with E-state index in [0.717, 1.165) is 24.1 Å². The van der Waals surface area contributed by atoms with Crippen molar-refractivity contribution in [3.05, 3.63) is 29.6 Å². The van der Waals surface area contributed by atoms with Crippen molar-refractivity contribution < 1.29 is 4.39 Å². The number of nitrogens with two attached hydrogens (primary N) is 1. The van der Waals surface area contributed by atoms with Crippen molar-refractivity contribution in [3.8, 4) is 0 Å². The second-order valence-corrected chi connectivity index (χ2v) is 4.18. The first-order valence-corrected chi connectivity index (χ1v) is 5.22. The molecular formula is C12H19FN2. The molecule has 0 radical (unpaired) electrons. The summed E-state index contributed by atoms with van der Waals surface area (Å²) in [7, 11) is 3.84. The summed E-state index contributed by atoms with van der Waals surface area (Å²) in [4.78, 5) is 1.93. The first-order valence-electron chi connectivity index (χ1n) is 5.22. The second kappa shape index (κ2) is 5.12. The zero-order chi connectivity index (χ0) is 11.4. The molecule has 1 aromatic rings. The third-order valence-electron chi connectivity index (χ3n) is 2.40. The lowest BCUT2D eigenvalue weighted by Gasteiger charge is -2.18. The zero-order valence-electron chi connectivity index (χ0n) is 9.63. The molecule has 1 rings (SSSR count). The molecule has 1 atom stereocenters. The van der Waals surface area contributed by atoms with Gasteiger partial charge < -0.3 is 10.6 Å². The number of anilines is 1. The van der Waals surface area contributed by atoms with Crippen LogP contribution in [0.1, 0.15) is 18.9 Å². The van der Waals surface area contributed by atoms with Gasteiger partial charge >= 0.3 is 0 Å². The van der Waals surface area contributed by atoms with Gasteiger partial charge in [-0.05, 0) is 37.5 Å². The van der Waals surface area contributed by atoms with E-state index in [1.807, 2.05) is 32.0 Å². The van der Waals surface area contributed by atoms with Gasteiger partial charge in [-0.1, -0.05) is 6.07 Å². The Hall–Kier alpha value is -1.09. The molecule has 0 bridgehead atoms. The maximum atomic E-state index is 13.1. The zero-order valence-corrected chi connectivity index (χ0v) is 9.63. The molecule has 0 spiro atoms. The van der Waals surface area contributed by atoms with Crippen LogP contribution in [0.4, 0.5) is 10.1 Å². The Kier molecular flexibility index (Phi) is 4.09. The molecule has 1 unspecified atom stereocenters. The lowest BCUT2D eigenvalue weighted by atomic mass is 10.0. The van der Waals surface area contributed by atoms with Crippen LogP contribution in [0.3, 0.4) is 0 Å². The summed E-state index contributed by atoms with van der Waals surface area (Å²) >= 11 is 0. The van der Waals surface area contributed by atoms with E-state index < -0.39 is 0 Å². The van der Waals surface area contributed by atoms with Crippen molar-refractivity contribution in [1.29, 1.82) is 0 Å². The van der Waals surface area contributed by atoms with Gasteiger partial charge in [0.05, 0.1) is 0 Å². The van der Waals surface area contributed by atoms with E-state index in [2.05, 4.69) is 0 Å². The van der Waals surface area contributed by atoms with Crippen molar-refractivity contribution >= 4 is 5.69 Å². The lowest BCUT2D eigenvalue weighted by Crippen LogP contribution is -2.17. The molecule has 0 fully saturated rings. The summed E-state index contributed by atoms with van der Waals surface area (Å²) in [6.07, 6.45) is 1.82. The van der Waals surface area contributed by atoms with E-state index in [9.17, 15) is 4.39 Å². The summed E-state index contributed by atoms with van der Waals surface area (Å²) in [6.45, 7) is 1.98. The van der Waals surface area contributed by atoms with Gasteiger partial charge in [0.2, 0.25) is 0 Å². The Bertz CT molecular complexity index is 321. The van der Waals surface area contributed by atoms with Gasteiger partial charge in [-0.25, -0.2) is 4.39 Å². The van der Waals surface area contributed by atoms with E-state index in [1.165, 1.54) is 6.07 Å². The minimum absolute atomic E-state index is 0.185. The molecule has 3 heteroatoms. The number of benzene rings is 1. The fourth-order valence-corrected chi connectivity index (χ4v) is 1.55. The van der Waals surface area contributed by atoms with Crippen molar-refractivity contribution in [1.82, 2.24) is 0 Å². The van der Waals surface area contributed by atoms with Crippen LogP contribution in [0.5, 0.6) is 0 Å². The third-order valence-corrected chi connectivity index (χ3v) is 2.40. The first kappa shape index (κ1) is 12.0. The van der Waals surface area contributed by atoms with Gasteiger partial charge in [0, 0.05) is 25.8 Å². The standard InChI is InChI=1S/C12H19FN2/c1-9(14)4-5-10-6-7-11(13)8-12(10)15(2)3/h6-9H,4-5,14H2,1-3H3. The highest BCUT2D eigenvalue weighted by Gasteiger charge is 2.06. The molecule has 15 heavy (non-hydrogen) atoms. The number of hydrogen-bond acceptors (Lipinski definition) is 2. The molecule has 0 saturated carbocycles. The topological polar surface area (TPSA) is 29.3 Å². The number of hydrogen-bond donors (Lipinski definition) is 1. The molecule has 0 saturated heterocycles. The van der Waals surface area contributed by atoms with E-state index >= 15 is 0 Å². The van der Waals surface area contributed by atoms with E-state index in [1.54, 1.807) is 6.07 Å². The van der Waals surface area contributed by atoms with Crippen LogP contribution in [-0.4, -0.2) is 20.1 Å². The Morgan fingerprint density at radius 1 is 1.40 bits per heavy atom. The van der Waals surface area contributed by atoms with Crippen LogP contribution in [0.2, 0.25) is 0 Å². The number of rotatable bonds is 4. The van der Waals surface area contributed by atoms with Crippen LogP contribution in [0.25, 0.3) is 0 Å². The third kappa shape index (κ3) is 3.51. The fourth-order valence-electron chi connectivity index (χ4n) is 1.55. The van der Waals surface area contributed by atoms with Crippen LogP contribution >= 0.6 is 0 Å². The summed E-state index contributed by atoms with van der Waals surface area (Å²) in [5.41, 5.74) is 7.80. The number of aryl methyl sites for hydroxylation is 1. The molecule has 0 aliphatic carbocycles. The minimum atomic E-state index is -0.191. The van der Waals surface area contributed by atoms with E-state index in [-0.39, 0.29) is 11.9 Å². The van der Waals surface area contributed by atoms with Crippen molar-refractivity contribution in [2.45, 2.75) is 25.8 Å². The largest absolute Gasteiger partial charge is 0.377 e. The molecular weight excluding hydrogens is 191 g/mol. The summed E-state index contributed by atoms with van der Waals surface area (Å²) in [5, 5.41) is 0. The van der Waals surface area contributed by atoms with Gasteiger partial charge in [-0.15, -0.1) is 0 Å². The summed E-state index contributed by atoms with van der Waals surface area (Å²) < 4.78 is 13.1. The quantitative estimate of drug-likeness (QED) is 0.825. The molecule has 0 heterocycles. The molecule has 0 aliphatic rings. The number of nitrogens with zero attached hydrogens (tertiary/aromatic N) is 1. The summed E-state index contributed by atoms with van der Waals surface area (Å²) in [5.74, 6) is -0.191. The second-order valence-electron chi connectivity index (χ2n) is 4.18. The molecule has 2 nitrogen and oxygen atoms in total. The highest BCUT2D eigenvalue weighted by molar-refractivity contribution is 5.52. The Labute approximate surface area is 90.9 Å². The average molecular weight is 210 g/mol. The normalized spacial score (nSPS) is 12.6. The van der Waals surface area contributed by atoms with Gasteiger partial charge in [0.25, 0.3) is 0 Å². The first-order chi connectivity index (χ1) is 7.00. The SMILES string of the molecule is CC(N)CCc1ccc(F)cc1N(C)C. The smallest absolute Gasteiger partial charge is 0.125 e. The van der Waals surface area contributed by atoms with Crippen LogP contribution in [-0.2, 0) is 6.42 Å². The maximum Gasteiger partial charge on any atom is 0.125 e. The van der Waals surface area contributed by atoms with Crippen LogP contribution < -0.4 is 10.6 Å². The number of halogens is 1. The lowest BCUT2D eigenvalue weighted by molar-refractivity contribution is 0.624.